The molecule has 0 radical (unpaired) electrons. The summed E-state index contributed by atoms with van der Waals surface area (Å²) in [6.07, 6.45) is 1.49. The largest absolute Gasteiger partial charge is 0.478 e. The molecule has 1 aromatic carbocycles. The van der Waals surface area contributed by atoms with Crippen molar-refractivity contribution >= 4 is 18.0 Å². The molecule has 1 N–H and O–H groups in total. The van der Waals surface area contributed by atoms with E-state index in [-0.39, 0.29) is 12.3 Å². The molecule has 6 nitrogen and oxygen atoms in total. The van der Waals surface area contributed by atoms with Gasteiger partial charge in [-0.2, -0.15) is 0 Å². The van der Waals surface area contributed by atoms with Gasteiger partial charge in [-0.15, -0.1) is 0 Å². The number of β-lactam (4-membered cyclic amide) rings is 1. The van der Waals surface area contributed by atoms with Crippen molar-refractivity contribution < 1.29 is 24.2 Å². The quantitative estimate of drug-likeness (QED) is 0.657. The summed E-state index contributed by atoms with van der Waals surface area (Å²) in [5.41, 5.74) is 0. The second-order valence-electron chi connectivity index (χ2n) is 3.91. The Labute approximate surface area is 108 Å². The van der Waals surface area contributed by atoms with Gasteiger partial charge in [0.2, 0.25) is 5.91 Å². The van der Waals surface area contributed by atoms with Gasteiger partial charge in [0.1, 0.15) is 5.75 Å². The number of rotatable bonds is 3. The lowest BCUT2D eigenvalue weighted by molar-refractivity contribution is -0.140. The van der Waals surface area contributed by atoms with E-state index in [9.17, 15) is 14.4 Å². The summed E-state index contributed by atoms with van der Waals surface area (Å²) < 4.78 is 5.01. The van der Waals surface area contributed by atoms with Gasteiger partial charge in [-0.05, 0) is 12.1 Å². The number of likely N-dealkylation sites (tertiary alicyclic amines) is 1. The number of carboxylic acid groups (broad SMARTS) is 1. The molecule has 0 bridgehead atoms. The van der Waals surface area contributed by atoms with Crippen molar-refractivity contribution in [2.45, 2.75) is 12.5 Å². The second-order valence-corrected chi connectivity index (χ2v) is 3.91. The summed E-state index contributed by atoms with van der Waals surface area (Å²) in [6, 6.07) is 7.78. The lowest BCUT2D eigenvalue weighted by Crippen LogP contribution is -2.55. The van der Waals surface area contributed by atoms with E-state index < -0.39 is 18.1 Å². The first-order valence-electron chi connectivity index (χ1n) is 5.58. The molecule has 19 heavy (non-hydrogen) atoms. The van der Waals surface area contributed by atoms with E-state index in [0.29, 0.717) is 5.75 Å². The van der Waals surface area contributed by atoms with Gasteiger partial charge in [-0.1, -0.05) is 24.3 Å². The van der Waals surface area contributed by atoms with Gasteiger partial charge in [-0.3, -0.25) is 4.79 Å². The standard InChI is InChI=1S/C13H11NO5/c15-11-8-9(6-7-12(16)17)14(11)13(18)19-10-4-2-1-3-5-10/h1-7,9H,8H2,(H,16,17)/b7-6+/t9-/m1/s1. The molecule has 1 aliphatic heterocycles. The van der Waals surface area contributed by atoms with Gasteiger partial charge >= 0.3 is 12.1 Å². The predicted octanol–water partition coefficient (Wildman–Crippen LogP) is 1.43. The Bertz CT molecular complexity index is 537. The first kappa shape index (κ1) is 12.8. The lowest BCUT2D eigenvalue weighted by Gasteiger charge is -2.35. The third-order valence-corrected chi connectivity index (χ3v) is 2.59. The van der Waals surface area contributed by atoms with Crippen LogP contribution in [0.2, 0.25) is 0 Å². The summed E-state index contributed by atoms with van der Waals surface area (Å²) in [7, 11) is 0. The Morgan fingerprint density at radius 3 is 2.58 bits per heavy atom. The molecule has 98 valence electrons. The molecule has 2 amide bonds. The molecule has 1 atom stereocenters. The molecule has 6 heteroatoms. The molecule has 1 aliphatic rings. The number of carbonyl (C=O) groups excluding carboxylic acids is 2. The predicted molar refractivity (Wildman–Crippen MR) is 64.5 cm³/mol. The van der Waals surface area contributed by atoms with Crippen LogP contribution in [0.1, 0.15) is 6.42 Å². The molecule has 0 spiro atoms. The van der Waals surface area contributed by atoms with Crippen molar-refractivity contribution in [3.05, 3.63) is 42.5 Å². The van der Waals surface area contributed by atoms with Crippen molar-refractivity contribution in [1.82, 2.24) is 4.90 Å². The van der Waals surface area contributed by atoms with Gasteiger partial charge < -0.3 is 9.84 Å². The molecule has 0 aliphatic carbocycles. The van der Waals surface area contributed by atoms with Crippen LogP contribution in [-0.2, 0) is 9.59 Å². The van der Waals surface area contributed by atoms with Crippen LogP contribution >= 0.6 is 0 Å². The van der Waals surface area contributed by atoms with Crippen LogP contribution in [0.15, 0.2) is 42.5 Å². The molecule has 1 fully saturated rings. The highest BCUT2D eigenvalue weighted by Crippen LogP contribution is 2.22. The summed E-state index contributed by atoms with van der Waals surface area (Å²) >= 11 is 0. The maximum absolute atomic E-state index is 11.8. The summed E-state index contributed by atoms with van der Waals surface area (Å²) in [6.45, 7) is 0. The van der Waals surface area contributed by atoms with E-state index in [2.05, 4.69) is 0 Å². The molecule has 0 unspecified atom stereocenters. The van der Waals surface area contributed by atoms with Crippen molar-refractivity contribution in [2.24, 2.45) is 0 Å². The molecular weight excluding hydrogens is 250 g/mol. The number of benzene rings is 1. The van der Waals surface area contributed by atoms with Crippen LogP contribution in [-0.4, -0.2) is 34.0 Å². The zero-order valence-electron chi connectivity index (χ0n) is 9.85. The Balaban J connectivity index is 2.01. The maximum atomic E-state index is 11.8. The third kappa shape index (κ3) is 2.98. The van der Waals surface area contributed by atoms with E-state index in [1.54, 1.807) is 30.3 Å². The first-order chi connectivity index (χ1) is 9.08. The van der Waals surface area contributed by atoms with Gasteiger partial charge in [0.05, 0.1) is 12.5 Å². The minimum absolute atomic E-state index is 0.105. The Morgan fingerprint density at radius 2 is 2.00 bits per heavy atom. The van der Waals surface area contributed by atoms with Crippen LogP contribution in [0.4, 0.5) is 4.79 Å². The molecular formula is C13H11NO5. The van der Waals surface area contributed by atoms with Crippen molar-refractivity contribution in [1.29, 1.82) is 0 Å². The van der Waals surface area contributed by atoms with E-state index in [0.717, 1.165) is 11.0 Å². The van der Waals surface area contributed by atoms with Crippen LogP contribution in [0.3, 0.4) is 0 Å². The van der Waals surface area contributed by atoms with E-state index in [1.165, 1.54) is 6.08 Å². The lowest BCUT2D eigenvalue weighted by atomic mass is 10.0. The number of para-hydroxylation sites is 1. The summed E-state index contributed by atoms with van der Waals surface area (Å²) in [5, 5.41) is 8.50. The average Bonchev–Trinajstić information content (AvgIpc) is 2.34. The fourth-order valence-corrected chi connectivity index (χ4v) is 1.66. The smallest absolute Gasteiger partial charge is 0.422 e. The molecule has 1 aromatic rings. The number of hydrogen-bond acceptors (Lipinski definition) is 4. The Morgan fingerprint density at radius 1 is 1.32 bits per heavy atom. The fourth-order valence-electron chi connectivity index (χ4n) is 1.66. The second kappa shape index (κ2) is 5.34. The van der Waals surface area contributed by atoms with Crippen LogP contribution in [0, 0.1) is 0 Å². The number of carboxylic acids is 1. The number of imide groups is 1. The highest BCUT2D eigenvalue weighted by molar-refractivity contribution is 5.99. The molecule has 0 saturated carbocycles. The average molecular weight is 261 g/mol. The van der Waals surface area contributed by atoms with Gasteiger partial charge in [-0.25, -0.2) is 14.5 Å². The molecule has 1 heterocycles. The third-order valence-electron chi connectivity index (χ3n) is 2.59. The van der Waals surface area contributed by atoms with Gasteiger partial charge in [0.25, 0.3) is 0 Å². The highest BCUT2D eigenvalue weighted by atomic mass is 16.6. The Hall–Kier alpha value is -2.63. The van der Waals surface area contributed by atoms with Crippen molar-refractivity contribution in [3.8, 4) is 5.75 Å². The highest BCUT2D eigenvalue weighted by Gasteiger charge is 2.40. The van der Waals surface area contributed by atoms with E-state index in [1.807, 2.05) is 0 Å². The van der Waals surface area contributed by atoms with Gasteiger partial charge in [0.15, 0.2) is 0 Å². The zero-order chi connectivity index (χ0) is 13.8. The van der Waals surface area contributed by atoms with E-state index in [4.69, 9.17) is 9.84 Å². The minimum atomic E-state index is -1.13. The Kier molecular flexibility index (Phi) is 3.61. The fraction of sp³-hybridized carbons (Fsp3) is 0.154. The molecule has 1 saturated heterocycles. The number of ether oxygens (including phenoxy) is 1. The van der Waals surface area contributed by atoms with Crippen LogP contribution in [0.25, 0.3) is 0 Å². The summed E-state index contributed by atoms with van der Waals surface area (Å²) in [5.74, 6) is -1.19. The van der Waals surface area contributed by atoms with Crippen molar-refractivity contribution in [2.75, 3.05) is 0 Å². The zero-order valence-corrected chi connectivity index (χ0v) is 9.85. The number of hydrogen-bond donors (Lipinski definition) is 1. The molecule has 2 rings (SSSR count). The van der Waals surface area contributed by atoms with Gasteiger partial charge in [0, 0.05) is 6.08 Å². The normalized spacial score (nSPS) is 18.2. The maximum Gasteiger partial charge on any atom is 0.422 e. The number of carbonyl (C=O) groups is 3. The molecule has 0 aromatic heterocycles. The first-order valence-corrected chi connectivity index (χ1v) is 5.58. The van der Waals surface area contributed by atoms with Crippen molar-refractivity contribution in [3.63, 3.8) is 0 Å². The summed E-state index contributed by atoms with van der Waals surface area (Å²) in [4.78, 5) is 34.4. The van der Waals surface area contributed by atoms with Crippen LogP contribution < -0.4 is 4.74 Å². The monoisotopic (exact) mass is 261 g/mol. The van der Waals surface area contributed by atoms with Crippen LogP contribution in [0.5, 0.6) is 5.75 Å². The van der Waals surface area contributed by atoms with E-state index >= 15 is 0 Å². The number of nitrogens with zero attached hydrogens (tertiary/aromatic N) is 1. The number of aliphatic carboxylic acids is 1. The number of amides is 2. The minimum Gasteiger partial charge on any atom is -0.478 e. The SMILES string of the molecule is O=C(O)/C=C/[C@@H]1CC(=O)N1C(=O)Oc1ccccc1. The topological polar surface area (TPSA) is 83.9 Å².